The number of hydrogen-bond donors (Lipinski definition) is 2. The van der Waals surface area contributed by atoms with Gasteiger partial charge in [0, 0.05) is 49.5 Å². The lowest BCUT2D eigenvalue weighted by Gasteiger charge is -2.25. The lowest BCUT2D eigenvalue weighted by atomic mass is 10.0. The van der Waals surface area contributed by atoms with E-state index in [0.717, 1.165) is 60.2 Å². The lowest BCUT2D eigenvalue weighted by molar-refractivity contribution is -0.111. The molecule has 4 aromatic rings. The van der Waals surface area contributed by atoms with Gasteiger partial charge in [-0.2, -0.15) is 0 Å². The minimum Gasteiger partial charge on any atom is -0.484 e. The number of halogens is 2. The number of rotatable bonds is 12. The van der Waals surface area contributed by atoms with Gasteiger partial charge >= 0.3 is 0 Å². The van der Waals surface area contributed by atoms with E-state index < -0.39 is 13.0 Å². The molecule has 2 aromatic heterocycles. The van der Waals surface area contributed by atoms with Crippen molar-refractivity contribution >= 4 is 39.8 Å². The molecule has 9 nitrogen and oxygen atoms in total. The number of carbonyl (C=O) groups excluding carboxylic acids is 1. The van der Waals surface area contributed by atoms with E-state index in [-0.39, 0.29) is 17.6 Å². The van der Waals surface area contributed by atoms with Gasteiger partial charge in [-0.3, -0.25) is 4.79 Å². The fraction of sp³-hybridized carbons (Fsp3) is 0.344. The molecule has 43 heavy (non-hydrogen) atoms. The maximum Gasteiger partial charge on any atom is 0.272 e. The first-order chi connectivity index (χ1) is 20.6. The molecule has 0 spiro atoms. The van der Waals surface area contributed by atoms with E-state index in [1.54, 1.807) is 0 Å². The zero-order chi connectivity index (χ0) is 30.7. The van der Waals surface area contributed by atoms with Crippen LogP contribution in [0.5, 0.6) is 5.75 Å². The number of aryl methyl sites for hydroxylation is 3. The van der Waals surface area contributed by atoms with Gasteiger partial charge in [0.05, 0.1) is 23.1 Å². The Hall–Kier alpha value is -4.51. The Morgan fingerprint density at radius 1 is 1.21 bits per heavy atom. The van der Waals surface area contributed by atoms with Crippen molar-refractivity contribution in [3.63, 3.8) is 0 Å². The predicted octanol–water partition coefficient (Wildman–Crippen LogP) is 5.86. The highest BCUT2D eigenvalue weighted by Gasteiger charge is 2.22. The van der Waals surface area contributed by atoms with Crippen LogP contribution in [0.2, 0.25) is 0 Å². The molecule has 5 rings (SSSR count). The molecule has 0 atom stereocenters. The Balaban J connectivity index is 1.55. The number of anilines is 4. The van der Waals surface area contributed by atoms with Crippen molar-refractivity contribution in [1.29, 1.82) is 0 Å². The SMILES string of the molecule is C=CC(=O)Nc1cc(Nc2ncc(OCC(F)F)c(-c3cn4c5c(cccc35)CCC4)n2)c(C)cc1N(C)CCN(C)C. The highest BCUT2D eigenvalue weighted by Crippen LogP contribution is 2.39. The normalized spacial score (nSPS) is 12.6. The van der Waals surface area contributed by atoms with Crippen LogP contribution < -0.4 is 20.3 Å². The number of amides is 1. The highest BCUT2D eigenvalue weighted by atomic mass is 19.3. The standard InChI is InChI=1S/C32H37F2N7O2/c1-6-29(42)36-25-16-24(20(2)15-26(25)40(5)14-13-39(3)4)37-32-35-17-27(43-19-28(33)34)30(38-32)23-18-41-12-8-10-21-9-7-11-22(23)31(21)41/h6-7,9,11,15-18,28H,1,8,10,12-14,19H2,2-5H3,(H,36,42)(H,35,37,38). The third kappa shape index (κ3) is 6.61. The third-order valence-electron chi connectivity index (χ3n) is 7.53. The third-order valence-corrected chi connectivity index (χ3v) is 7.53. The summed E-state index contributed by atoms with van der Waals surface area (Å²) in [6.07, 6.45) is 4.04. The van der Waals surface area contributed by atoms with Gasteiger partial charge in [0.1, 0.15) is 12.3 Å². The van der Waals surface area contributed by atoms with Gasteiger partial charge in [0.15, 0.2) is 5.75 Å². The number of nitrogens with zero attached hydrogens (tertiary/aromatic N) is 5. The monoisotopic (exact) mass is 589 g/mol. The summed E-state index contributed by atoms with van der Waals surface area (Å²) in [6, 6.07) is 9.98. The van der Waals surface area contributed by atoms with E-state index in [1.807, 2.05) is 58.5 Å². The van der Waals surface area contributed by atoms with Crippen molar-refractivity contribution in [3.05, 3.63) is 66.5 Å². The number of hydrogen-bond acceptors (Lipinski definition) is 7. The quantitative estimate of drug-likeness (QED) is 0.200. The minimum absolute atomic E-state index is 0.183. The average molecular weight is 590 g/mol. The summed E-state index contributed by atoms with van der Waals surface area (Å²) < 4.78 is 34.0. The van der Waals surface area contributed by atoms with Crippen LogP contribution in [0.4, 0.5) is 31.8 Å². The van der Waals surface area contributed by atoms with Crippen LogP contribution in [0.25, 0.3) is 22.2 Å². The van der Waals surface area contributed by atoms with Crippen LogP contribution in [-0.2, 0) is 17.8 Å². The Bertz CT molecular complexity index is 1650. The summed E-state index contributed by atoms with van der Waals surface area (Å²) in [6.45, 7) is 7.22. The second kappa shape index (κ2) is 12.8. The number of alkyl halides is 2. The first-order valence-electron chi connectivity index (χ1n) is 14.2. The van der Waals surface area contributed by atoms with Crippen molar-refractivity contribution in [3.8, 4) is 17.0 Å². The molecule has 0 saturated carbocycles. The summed E-state index contributed by atoms with van der Waals surface area (Å²) in [4.78, 5) is 25.7. The fourth-order valence-electron chi connectivity index (χ4n) is 5.34. The van der Waals surface area contributed by atoms with Crippen LogP contribution in [0.3, 0.4) is 0 Å². The Labute approximate surface area is 250 Å². The van der Waals surface area contributed by atoms with Crippen LogP contribution in [0.15, 0.2) is 55.4 Å². The zero-order valence-electron chi connectivity index (χ0n) is 25.0. The van der Waals surface area contributed by atoms with Crippen molar-refractivity contribution in [2.45, 2.75) is 32.7 Å². The van der Waals surface area contributed by atoms with E-state index in [2.05, 4.69) is 42.6 Å². The Morgan fingerprint density at radius 2 is 2.02 bits per heavy atom. The fourth-order valence-corrected chi connectivity index (χ4v) is 5.34. The van der Waals surface area contributed by atoms with Crippen LogP contribution >= 0.6 is 0 Å². The van der Waals surface area contributed by atoms with E-state index in [9.17, 15) is 13.6 Å². The molecule has 226 valence electrons. The topological polar surface area (TPSA) is 87.5 Å². The molecule has 2 N–H and O–H groups in total. The maximum atomic E-state index is 13.1. The molecular weight excluding hydrogens is 552 g/mol. The summed E-state index contributed by atoms with van der Waals surface area (Å²) in [7, 11) is 5.99. The molecular formula is C32H37F2N7O2. The zero-order valence-corrected chi connectivity index (χ0v) is 25.0. The lowest BCUT2D eigenvalue weighted by Crippen LogP contribution is -2.29. The molecule has 1 aliphatic heterocycles. The van der Waals surface area contributed by atoms with Gasteiger partial charge in [-0.25, -0.2) is 18.7 Å². The molecule has 2 aromatic carbocycles. The first-order valence-corrected chi connectivity index (χ1v) is 14.2. The van der Waals surface area contributed by atoms with Crippen molar-refractivity contribution in [2.24, 2.45) is 0 Å². The van der Waals surface area contributed by atoms with E-state index in [0.29, 0.717) is 17.1 Å². The highest BCUT2D eigenvalue weighted by molar-refractivity contribution is 6.02. The number of nitrogens with one attached hydrogen (secondary N) is 2. The minimum atomic E-state index is -2.64. The molecule has 0 saturated heterocycles. The number of benzene rings is 2. The van der Waals surface area contributed by atoms with Gasteiger partial charge in [-0.15, -0.1) is 0 Å². The molecule has 0 unspecified atom stereocenters. The summed E-state index contributed by atoms with van der Waals surface area (Å²) in [5.74, 6) is 0.122. The van der Waals surface area contributed by atoms with Crippen molar-refractivity contribution in [2.75, 3.05) is 56.4 Å². The van der Waals surface area contributed by atoms with E-state index >= 15 is 0 Å². The molecule has 0 bridgehead atoms. The first kappa shape index (κ1) is 30.0. The van der Waals surface area contributed by atoms with E-state index in [4.69, 9.17) is 9.72 Å². The van der Waals surface area contributed by atoms with Gasteiger partial charge in [0.2, 0.25) is 11.9 Å². The number of carbonyl (C=O) groups is 1. The second-order valence-corrected chi connectivity index (χ2v) is 11.0. The smallest absolute Gasteiger partial charge is 0.272 e. The largest absolute Gasteiger partial charge is 0.484 e. The van der Waals surface area contributed by atoms with Gasteiger partial charge < -0.3 is 29.7 Å². The summed E-state index contributed by atoms with van der Waals surface area (Å²) in [5.41, 5.74) is 6.64. The Kier molecular flexibility index (Phi) is 8.91. The summed E-state index contributed by atoms with van der Waals surface area (Å²) in [5, 5.41) is 7.17. The second-order valence-electron chi connectivity index (χ2n) is 11.0. The predicted molar refractivity (Wildman–Crippen MR) is 168 cm³/mol. The summed E-state index contributed by atoms with van der Waals surface area (Å²) >= 11 is 0. The average Bonchev–Trinajstić information content (AvgIpc) is 3.36. The number of para-hydroxylation sites is 1. The number of likely N-dealkylation sites (N-methyl/N-ethyl adjacent to an activating group) is 2. The molecule has 3 heterocycles. The Morgan fingerprint density at radius 3 is 2.77 bits per heavy atom. The maximum absolute atomic E-state index is 13.1. The van der Waals surface area contributed by atoms with Crippen molar-refractivity contribution < 1.29 is 18.3 Å². The van der Waals surface area contributed by atoms with Crippen LogP contribution in [0, 0.1) is 6.92 Å². The van der Waals surface area contributed by atoms with Crippen molar-refractivity contribution in [1.82, 2.24) is 19.4 Å². The molecule has 0 fully saturated rings. The molecule has 0 radical (unpaired) electrons. The van der Waals surface area contributed by atoms with Crippen LogP contribution in [0.1, 0.15) is 17.5 Å². The number of aromatic nitrogens is 3. The van der Waals surface area contributed by atoms with Gasteiger partial charge in [-0.1, -0.05) is 24.8 Å². The molecule has 1 amide bonds. The number of ether oxygens (including phenoxy) is 1. The molecule has 1 aliphatic rings. The molecule has 11 heteroatoms. The van der Waals surface area contributed by atoms with Gasteiger partial charge in [0.25, 0.3) is 6.43 Å². The molecule has 0 aliphatic carbocycles. The van der Waals surface area contributed by atoms with Gasteiger partial charge in [-0.05, 0) is 63.2 Å². The van der Waals surface area contributed by atoms with E-state index in [1.165, 1.54) is 17.8 Å². The van der Waals surface area contributed by atoms with Crippen LogP contribution in [-0.4, -0.2) is 72.6 Å².